The Morgan fingerprint density at radius 2 is 2.00 bits per heavy atom. The minimum Gasteiger partial charge on any atom is -0.331 e. The molecule has 1 atom stereocenters. The fourth-order valence-electron chi connectivity index (χ4n) is 3.88. The van der Waals surface area contributed by atoms with Crippen molar-refractivity contribution in [3.8, 4) is 0 Å². The van der Waals surface area contributed by atoms with Crippen LogP contribution in [0.3, 0.4) is 0 Å². The number of fused-ring (bicyclic) bond motifs is 1. The quantitative estimate of drug-likeness (QED) is 0.719. The first-order valence-corrected chi connectivity index (χ1v) is 8.60. The maximum atomic E-state index is 13.2. The molecule has 0 N–H and O–H groups in total. The first kappa shape index (κ1) is 15.8. The van der Waals surface area contributed by atoms with Crippen LogP contribution in [0.15, 0.2) is 18.3 Å². The largest absolute Gasteiger partial charge is 0.331 e. The molecule has 4 heterocycles. The van der Waals surface area contributed by atoms with Crippen LogP contribution in [-0.4, -0.2) is 41.7 Å². The third-order valence-corrected chi connectivity index (χ3v) is 5.23. The van der Waals surface area contributed by atoms with Gasteiger partial charge in [-0.25, -0.2) is 0 Å². The molecule has 1 fully saturated rings. The maximum Gasteiger partial charge on any atom is 0.255 e. The van der Waals surface area contributed by atoms with Gasteiger partial charge < -0.3 is 4.90 Å². The van der Waals surface area contributed by atoms with Crippen LogP contribution < -0.4 is 0 Å². The summed E-state index contributed by atoms with van der Waals surface area (Å²) in [6.07, 6.45) is 3.83. The average Bonchev–Trinajstić information content (AvgIpc) is 3.27. The zero-order valence-corrected chi connectivity index (χ0v) is 15.0. The monoisotopic (exact) mass is 338 g/mol. The van der Waals surface area contributed by atoms with Crippen molar-refractivity contribution in [2.75, 3.05) is 6.54 Å². The lowest BCUT2D eigenvalue weighted by atomic mass is 10.0. The number of hydrogen-bond donors (Lipinski definition) is 0. The Labute approximate surface area is 146 Å². The summed E-state index contributed by atoms with van der Waals surface area (Å²) in [5, 5.41) is 12.7. The highest BCUT2D eigenvalue weighted by molar-refractivity contribution is 5.94. The van der Waals surface area contributed by atoms with E-state index in [4.69, 9.17) is 0 Å². The van der Waals surface area contributed by atoms with Crippen molar-refractivity contribution in [1.29, 1.82) is 0 Å². The number of carbonyl (C=O) groups is 1. The lowest BCUT2D eigenvalue weighted by Crippen LogP contribution is -2.31. The lowest BCUT2D eigenvalue weighted by molar-refractivity contribution is 0.0734. The zero-order valence-electron chi connectivity index (χ0n) is 15.0. The van der Waals surface area contributed by atoms with E-state index in [0.29, 0.717) is 5.56 Å². The second kappa shape index (κ2) is 5.68. The van der Waals surface area contributed by atoms with Crippen molar-refractivity contribution in [3.63, 3.8) is 0 Å². The van der Waals surface area contributed by atoms with Crippen molar-refractivity contribution in [2.45, 2.75) is 39.7 Å². The molecule has 130 valence electrons. The summed E-state index contributed by atoms with van der Waals surface area (Å²) < 4.78 is 3.76. The van der Waals surface area contributed by atoms with Crippen LogP contribution in [0.5, 0.6) is 0 Å². The first-order chi connectivity index (χ1) is 12.0. The molecule has 1 unspecified atom stereocenters. The van der Waals surface area contributed by atoms with Gasteiger partial charge in [-0.3, -0.25) is 13.9 Å². The van der Waals surface area contributed by atoms with E-state index < -0.39 is 0 Å². The number of aryl methyl sites for hydroxylation is 3. The Morgan fingerprint density at radius 1 is 1.20 bits per heavy atom. The molecule has 0 bridgehead atoms. The van der Waals surface area contributed by atoms with E-state index in [2.05, 4.69) is 22.2 Å². The van der Waals surface area contributed by atoms with E-state index in [-0.39, 0.29) is 11.9 Å². The summed E-state index contributed by atoms with van der Waals surface area (Å²) in [5.41, 5.74) is 4.75. The van der Waals surface area contributed by atoms with E-state index in [1.165, 1.54) is 5.56 Å². The van der Waals surface area contributed by atoms with Gasteiger partial charge in [0.2, 0.25) is 0 Å². The molecule has 0 aromatic carbocycles. The fraction of sp³-hybridized carbons (Fsp3) is 0.444. The highest BCUT2D eigenvalue weighted by atomic mass is 16.2. The predicted molar refractivity (Wildman–Crippen MR) is 93.4 cm³/mol. The molecular formula is C18H22N6O. The van der Waals surface area contributed by atoms with Gasteiger partial charge in [-0.1, -0.05) is 0 Å². The van der Waals surface area contributed by atoms with Crippen LogP contribution in [-0.2, 0) is 7.05 Å². The Bertz CT molecular complexity index is 970. The highest BCUT2D eigenvalue weighted by Crippen LogP contribution is 2.36. The second-order valence-electron chi connectivity index (χ2n) is 6.76. The van der Waals surface area contributed by atoms with Crippen LogP contribution >= 0.6 is 0 Å². The van der Waals surface area contributed by atoms with Gasteiger partial charge in [0.15, 0.2) is 5.65 Å². The minimum atomic E-state index is 0.0557. The number of aromatic nitrogens is 5. The molecule has 7 heteroatoms. The molecule has 3 aromatic heterocycles. The molecule has 1 aliphatic heterocycles. The number of rotatable bonds is 2. The molecule has 1 saturated heterocycles. The van der Waals surface area contributed by atoms with Gasteiger partial charge in [0, 0.05) is 31.0 Å². The normalized spacial score (nSPS) is 17.6. The molecule has 1 amide bonds. The number of pyridine rings is 1. The summed E-state index contributed by atoms with van der Waals surface area (Å²) >= 11 is 0. The molecule has 0 radical (unpaired) electrons. The van der Waals surface area contributed by atoms with Crippen molar-refractivity contribution >= 4 is 11.6 Å². The average molecular weight is 338 g/mol. The standard InChI is InChI=1S/C18H22N6O/c1-11-17(12(2)22(4)21-11)15-6-5-9-23(15)18(25)14-7-8-16-20-19-13(3)24(16)10-14/h7-8,10,15H,5-6,9H2,1-4H3. The van der Waals surface area contributed by atoms with Gasteiger partial charge in [0.05, 0.1) is 17.3 Å². The Balaban J connectivity index is 1.71. The number of hydrogen-bond acceptors (Lipinski definition) is 4. The molecule has 0 spiro atoms. The van der Waals surface area contributed by atoms with Gasteiger partial charge in [0.1, 0.15) is 5.82 Å². The minimum absolute atomic E-state index is 0.0557. The molecular weight excluding hydrogens is 316 g/mol. The van der Waals surface area contributed by atoms with Crippen LogP contribution in [0.4, 0.5) is 0 Å². The first-order valence-electron chi connectivity index (χ1n) is 8.60. The number of nitrogens with zero attached hydrogens (tertiary/aromatic N) is 6. The summed E-state index contributed by atoms with van der Waals surface area (Å²) in [4.78, 5) is 15.2. The Kier molecular flexibility index (Phi) is 3.59. The number of carbonyl (C=O) groups excluding carboxylic acids is 1. The van der Waals surface area contributed by atoms with Crippen LogP contribution in [0.1, 0.15) is 52.0 Å². The van der Waals surface area contributed by atoms with Crippen molar-refractivity contribution in [1.82, 2.24) is 29.3 Å². The third-order valence-electron chi connectivity index (χ3n) is 5.23. The molecule has 25 heavy (non-hydrogen) atoms. The summed E-state index contributed by atoms with van der Waals surface area (Å²) in [6.45, 7) is 6.75. The fourth-order valence-corrected chi connectivity index (χ4v) is 3.88. The molecule has 3 aromatic rings. The number of likely N-dealkylation sites (tertiary alicyclic amines) is 1. The second-order valence-corrected chi connectivity index (χ2v) is 6.76. The van der Waals surface area contributed by atoms with Gasteiger partial charge in [-0.15, -0.1) is 10.2 Å². The molecule has 0 saturated carbocycles. The number of amides is 1. The van der Waals surface area contributed by atoms with E-state index in [9.17, 15) is 4.79 Å². The van der Waals surface area contributed by atoms with E-state index >= 15 is 0 Å². The SMILES string of the molecule is Cc1nn(C)c(C)c1C1CCCN1C(=O)c1ccc2nnc(C)n2c1. The molecule has 0 aliphatic carbocycles. The Hall–Kier alpha value is -2.70. The predicted octanol–water partition coefficient (Wildman–Crippen LogP) is 2.37. The molecule has 7 nitrogen and oxygen atoms in total. The zero-order chi connectivity index (χ0) is 17.7. The van der Waals surface area contributed by atoms with E-state index in [0.717, 1.165) is 42.2 Å². The maximum absolute atomic E-state index is 13.2. The van der Waals surface area contributed by atoms with Crippen LogP contribution in [0.2, 0.25) is 0 Å². The topological polar surface area (TPSA) is 68.3 Å². The van der Waals surface area contributed by atoms with Crippen molar-refractivity contribution in [2.24, 2.45) is 7.05 Å². The Morgan fingerprint density at radius 3 is 2.72 bits per heavy atom. The summed E-state index contributed by atoms with van der Waals surface area (Å²) in [5.74, 6) is 0.835. The van der Waals surface area contributed by atoms with Crippen LogP contribution in [0.25, 0.3) is 5.65 Å². The van der Waals surface area contributed by atoms with Gasteiger partial charge in [0.25, 0.3) is 5.91 Å². The van der Waals surface area contributed by atoms with Crippen LogP contribution in [0, 0.1) is 20.8 Å². The highest BCUT2D eigenvalue weighted by Gasteiger charge is 2.34. The van der Waals surface area contributed by atoms with E-state index in [1.807, 2.05) is 53.2 Å². The van der Waals surface area contributed by atoms with Crippen molar-refractivity contribution in [3.05, 3.63) is 46.7 Å². The smallest absolute Gasteiger partial charge is 0.255 e. The van der Waals surface area contributed by atoms with Gasteiger partial charge in [-0.2, -0.15) is 5.10 Å². The van der Waals surface area contributed by atoms with Crippen molar-refractivity contribution < 1.29 is 4.79 Å². The van der Waals surface area contributed by atoms with E-state index in [1.54, 1.807) is 0 Å². The summed E-state index contributed by atoms with van der Waals surface area (Å²) in [6, 6.07) is 3.78. The molecule has 4 rings (SSSR count). The lowest BCUT2D eigenvalue weighted by Gasteiger charge is -2.25. The van der Waals surface area contributed by atoms with Gasteiger partial charge >= 0.3 is 0 Å². The third kappa shape index (κ3) is 2.42. The van der Waals surface area contributed by atoms with Gasteiger partial charge in [-0.05, 0) is 45.7 Å². The molecule has 1 aliphatic rings. The summed E-state index contributed by atoms with van der Waals surface area (Å²) in [7, 11) is 1.95.